The molecule has 0 aliphatic heterocycles. The molecule has 0 saturated carbocycles. The Morgan fingerprint density at radius 2 is 1.81 bits per heavy atom. The fraction of sp³-hybridized carbons (Fsp3) is 0.375. The van der Waals surface area contributed by atoms with Crippen LogP contribution in [0.4, 0.5) is 0 Å². The summed E-state index contributed by atoms with van der Waals surface area (Å²) in [5, 5.41) is 9.11. The summed E-state index contributed by atoms with van der Waals surface area (Å²) in [6.07, 6.45) is 1.45. The Balaban J connectivity index is 3.09. The second-order valence-corrected chi connectivity index (χ2v) is 5.29. The van der Waals surface area contributed by atoms with Crippen LogP contribution < -0.4 is 9.47 Å². The molecule has 5 nitrogen and oxygen atoms in total. The van der Waals surface area contributed by atoms with E-state index in [9.17, 15) is 4.79 Å². The third-order valence-corrected chi connectivity index (χ3v) is 2.46. The normalized spacial score (nSPS) is 11.5. The highest BCUT2D eigenvalue weighted by atomic mass is 16.6. The van der Waals surface area contributed by atoms with Crippen molar-refractivity contribution < 1.29 is 19.0 Å². The Hall–Kier alpha value is -2.48. The monoisotopic (exact) mass is 289 g/mol. The summed E-state index contributed by atoms with van der Waals surface area (Å²) in [4.78, 5) is 11.9. The number of carbonyl (C=O) groups is 1. The van der Waals surface area contributed by atoms with Crippen molar-refractivity contribution >= 4 is 12.0 Å². The van der Waals surface area contributed by atoms with Gasteiger partial charge in [0.15, 0.2) is 11.5 Å². The second-order valence-electron chi connectivity index (χ2n) is 5.29. The van der Waals surface area contributed by atoms with Crippen LogP contribution in [0.2, 0.25) is 0 Å². The maximum Gasteiger partial charge on any atom is 0.349 e. The minimum atomic E-state index is -0.653. The SMILES string of the molecule is COc1ccc(C=C(C#N)C(=O)OC(C)(C)C)cc1OC. The zero-order valence-corrected chi connectivity index (χ0v) is 12.9. The van der Waals surface area contributed by atoms with Crippen molar-refractivity contribution in [3.05, 3.63) is 29.3 Å². The van der Waals surface area contributed by atoms with Crippen molar-refractivity contribution in [2.75, 3.05) is 14.2 Å². The van der Waals surface area contributed by atoms with Crippen LogP contribution in [0.15, 0.2) is 23.8 Å². The van der Waals surface area contributed by atoms with E-state index < -0.39 is 11.6 Å². The predicted octanol–water partition coefficient (Wildman–Crippen LogP) is 2.95. The molecule has 21 heavy (non-hydrogen) atoms. The second kappa shape index (κ2) is 6.80. The van der Waals surface area contributed by atoms with E-state index >= 15 is 0 Å². The zero-order chi connectivity index (χ0) is 16.0. The fourth-order valence-electron chi connectivity index (χ4n) is 1.58. The molecule has 0 aliphatic rings. The van der Waals surface area contributed by atoms with E-state index in [1.807, 2.05) is 6.07 Å². The molecule has 0 N–H and O–H groups in total. The molecule has 0 aliphatic carbocycles. The molecule has 0 amide bonds. The van der Waals surface area contributed by atoms with E-state index in [4.69, 9.17) is 19.5 Å². The van der Waals surface area contributed by atoms with Gasteiger partial charge in [0.2, 0.25) is 0 Å². The Labute approximate surface area is 124 Å². The Morgan fingerprint density at radius 3 is 2.29 bits per heavy atom. The molecule has 0 fully saturated rings. The van der Waals surface area contributed by atoms with Crippen molar-refractivity contribution in [2.24, 2.45) is 0 Å². The highest BCUT2D eigenvalue weighted by molar-refractivity contribution is 5.98. The standard InChI is InChI=1S/C16H19NO4/c1-16(2,3)21-15(18)12(10-17)8-11-6-7-13(19-4)14(9-11)20-5/h6-9H,1-5H3. The predicted molar refractivity (Wildman–Crippen MR) is 79.0 cm³/mol. The molecular weight excluding hydrogens is 270 g/mol. The third kappa shape index (κ3) is 4.84. The quantitative estimate of drug-likeness (QED) is 0.484. The van der Waals surface area contributed by atoms with Crippen LogP contribution in [0, 0.1) is 11.3 Å². The number of rotatable bonds is 4. The molecule has 0 heterocycles. The Morgan fingerprint density at radius 1 is 1.19 bits per heavy atom. The molecule has 112 valence electrons. The average molecular weight is 289 g/mol. The van der Waals surface area contributed by atoms with E-state index in [-0.39, 0.29) is 5.57 Å². The van der Waals surface area contributed by atoms with E-state index in [1.54, 1.807) is 39.0 Å². The van der Waals surface area contributed by atoms with Crippen molar-refractivity contribution in [1.29, 1.82) is 5.26 Å². The first-order chi connectivity index (χ1) is 9.80. The Kier molecular flexibility index (Phi) is 5.37. The molecule has 1 aromatic carbocycles. The van der Waals surface area contributed by atoms with Crippen LogP contribution in [0.3, 0.4) is 0 Å². The first-order valence-corrected chi connectivity index (χ1v) is 6.38. The van der Waals surface area contributed by atoms with Crippen molar-refractivity contribution in [2.45, 2.75) is 26.4 Å². The van der Waals surface area contributed by atoms with Gasteiger partial charge in [0, 0.05) is 0 Å². The van der Waals surface area contributed by atoms with Crippen molar-refractivity contribution in [3.8, 4) is 17.6 Å². The first kappa shape index (κ1) is 16.6. The van der Waals surface area contributed by atoms with Crippen LogP contribution in [-0.4, -0.2) is 25.8 Å². The smallest absolute Gasteiger partial charge is 0.349 e. The van der Waals surface area contributed by atoms with Gasteiger partial charge in [-0.25, -0.2) is 4.79 Å². The summed E-state index contributed by atoms with van der Waals surface area (Å²) in [6, 6.07) is 6.96. The molecule has 0 unspecified atom stereocenters. The number of benzene rings is 1. The van der Waals surface area contributed by atoms with Gasteiger partial charge in [-0.1, -0.05) is 6.07 Å². The van der Waals surface area contributed by atoms with Crippen LogP contribution in [0.5, 0.6) is 11.5 Å². The molecular formula is C16H19NO4. The summed E-state index contributed by atoms with van der Waals surface area (Å²) < 4.78 is 15.5. The van der Waals surface area contributed by atoms with Gasteiger partial charge in [0.25, 0.3) is 0 Å². The van der Waals surface area contributed by atoms with Gasteiger partial charge in [-0.05, 0) is 44.5 Å². The van der Waals surface area contributed by atoms with Gasteiger partial charge in [-0.15, -0.1) is 0 Å². The third-order valence-electron chi connectivity index (χ3n) is 2.46. The van der Waals surface area contributed by atoms with Gasteiger partial charge < -0.3 is 14.2 Å². The maximum atomic E-state index is 11.9. The number of nitrogens with zero attached hydrogens (tertiary/aromatic N) is 1. The molecule has 0 atom stereocenters. The topological polar surface area (TPSA) is 68.5 Å². The lowest BCUT2D eigenvalue weighted by molar-refractivity contribution is -0.149. The van der Waals surface area contributed by atoms with Gasteiger partial charge in [0.05, 0.1) is 14.2 Å². The molecule has 0 saturated heterocycles. The minimum absolute atomic E-state index is 0.0721. The molecule has 1 rings (SSSR count). The van der Waals surface area contributed by atoms with E-state index in [0.29, 0.717) is 17.1 Å². The van der Waals surface area contributed by atoms with E-state index in [1.165, 1.54) is 20.3 Å². The number of hydrogen-bond donors (Lipinski definition) is 0. The van der Waals surface area contributed by atoms with Crippen molar-refractivity contribution in [3.63, 3.8) is 0 Å². The highest BCUT2D eigenvalue weighted by Crippen LogP contribution is 2.28. The maximum absolute atomic E-state index is 11.9. The molecule has 0 bridgehead atoms. The lowest BCUT2D eigenvalue weighted by Gasteiger charge is -2.19. The van der Waals surface area contributed by atoms with Gasteiger partial charge >= 0.3 is 5.97 Å². The summed E-state index contributed by atoms with van der Waals surface area (Å²) >= 11 is 0. The molecule has 1 aromatic rings. The summed E-state index contributed by atoms with van der Waals surface area (Å²) in [5.74, 6) is 0.443. The van der Waals surface area contributed by atoms with Gasteiger partial charge in [-0.2, -0.15) is 5.26 Å². The number of nitriles is 1. The lowest BCUT2D eigenvalue weighted by Crippen LogP contribution is -2.24. The molecule has 0 spiro atoms. The van der Waals surface area contributed by atoms with Gasteiger partial charge in [-0.3, -0.25) is 0 Å². The minimum Gasteiger partial charge on any atom is -0.493 e. The highest BCUT2D eigenvalue weighted by Gasteiger charge is 2.20. The van der Waals surface area contributed by atoms with Crippen LogP contribution in [0.1, 0.15) is 26.3 Å². The lowest BCUT2D eigenvalue weighted by atomic mass is 10.1. The summed E-state index contributed by atoms with van der Waals surface area (Å²) in [5.41, 5.74) is -0.0721. The van der Waals surface area contributed by atoms with E-state index in [2.05, 4.69) is 0 Å². The van der Waals surface area contributed by atoms with Crippen molar-refractivity contribution in [1.82, 2.24) is 0 Å². The van der Waals surface area contributed by atoms with Crippen LogP contribution >= 0.6 is 0 Å². The number of ether oxygens (including phenoxy) is 3. The number of carbonyl (C=O) groups excluding carboxylic acids is 1. The number of esters is 1. The van der Waals surface area contributed by atoms with Crippen LogP contribution in [0.25, 0.3) is 6.08 Å². The Bertz CT molecular complexity index is 591. The molecule has 0 aromatic heterocycles. The largest absolute Gasteiger partial charge is 0.493 e. The molecule has 5 heteroatoms. The summed E-state index contributed by atoms with van der Waals surface area (Å²) in [6.45, 7) is 5.24. The number of hydrogen-bond acceptors (Lipinski definition) is 5. The van der Waals surface area contributed by atoms with E-state index in [0.717, 1.165) is 0 Å². The van der Waals surface area contributed by atoms with Crippen LogP contribution in [-0.2, 0) is 9.53 Å². The first-order valence-electron chi connectivity index (χ1n) is 6.38. The average Bonchev–Trinajstić information content (AvgIpc) is 2.42. The zero-order valence-electron chi connectivity index (χ0n) is 12.9. The number of methoxy groups -OCH3 is 2. The summed E-state index contributed by atoms with van der Waals surface area (Å²) in [7, 11) is 3.05. The van der Waals surface area contributed by atoms with Gasteiger partial charge in [0.1, 0.15) is 17.2 Å². The fourth-order valence-corrected chi connectivity index (χ4v) is 1.58. The molecule has 0 radical (unpaired) electrons.